The quantitative estimate of drug-likeness (QED) is 0.350. The van der Waals surface area contributed by atoms with Gasteiger partial charge in [-0.05, 0) is 37.3 Å². The number of hydrogen-bond donors (Lipinski definition) is 1. The lowest BCUT2D eigenvalue weighted by Crippen LogP contribution is -2.20. The number of Topliss-reactive ketones (excluding diaryl/α,β-unsaturated/α-hetero) is 1. The Bertz CT molecular complexity index is 1100. The summed E-state index contributed by atoms with van der Waals surface area (Å²) < 4.78 is 10.4. The Morgan fingerprint density at radius 2 is 1.77 bits per heavy atom. The molecule has 0 fully saturated rings. The third kappa shape index (κ3) is 4.81. The molecule has 0 bridgehead atoms. The average molecular weight is 405 g/mol. The molecular formula is C23H23N3O4. The molecule has 0 aliphatic carbocycles. The first-order valence-corrected chi connectivity index (χ1v) is 9.46. The van der Waals surface area contributed by atoms with Crippen molar-refractivity contribution < 1.29 is 19.1 Å². The topological polar surface area (TPSA) is 89.9 Å². The first kappa shape index (κ1) is 21.0. The summed E-state index contributed by atoms with van der Waals surface area (Å²) >= 11 is 0. The normalized spacial score (nSPS) is 11.2. The lowest BCUT2D eigenvalue weighted by Gasteiger charge is -2.09. The molecule has 1 N–H and O–H groups in total. The van der Waals surface area contributed by atoms with Gasteiger partial charge in [-0.15, -0.1) is 0 Å². The van der Waals surface area contributed by atoms with Gasteiger partial charge >= 0.3 is 0 Å². The number of fused-ring (bicyclic) bond motifs is 1. The molecule has 1 amide bonds. The van der Waals surface area contributed by atoms with Crippen molar-refractivity contribution in [3.05, 3.63) is 65.9 Å². The van der Waals surface area contributed by atoms with E-state index in [9.17, 15) is 9.59 Å². The second kappa shape index (κ2) is 9.65. The summed E-state index contributed by atoms with van der Waals surface area (Å²) in [4.78, 5) is 28.9. The van der Waals surface area contributed by atoms with Crippen molar-refractivity contribution in [2.45, 2.75) is 19.8 Å². The lowest BCUT2D eigenvalue weighted by atomic mass is 10.1. The molecule has 0 aliphatic heterocycles. The van der Waals surface area contributed by atoms with Gasteiger partial charge in [-0.3, -0.25) is 14.6 Å². The maximum Gasteiger partial charge on any atom is 0.240 e. The second-order valence-corrected chi connectivity index (χ2v) is 6.60. The largest absolute Gasteiger partial charge is 0.493 e. The van der Waals surface area contributed by atoms with E-state index in [1.807, 2.05) is 37.3 Å². The monoisotopic (exact) mass is 405 g/mol. The van der Waals surface area contributed by atoms with Crippen LogP contribution in [0.15, 0.2) is 59.8 Å². The van der Waals surface area contributed by atoms with Gasteiger partial charge < -0.3 is 9.47 Å². The summed E-state index contributed by atoms with van der Waals surface area (Å²) in [6, 6.07) is 14.5. The van der Waals surface area contributed by atoms with Crippen LogP contribution in [0.4, 0.5) is 0 Å². The number of methoxy groups -OCH3 is 2. The molecule has 7 heteroatoms. The van der Waals surface area contributed by atoms with Gasteiger partial charge in [0.15, 0.2) is 17.3 Å². The number of carbonyl (C=O) groups excluding carboxylic acids is 2. The van der Waals surface area contributed by atoms with E-state index in [2.05, 4.69) is 15.5 Å². The Balaban J connectivity index is 1.61. The van der Waals surface area contributed by atoms with Crippen LogP contribution in [0.3, 0.4) is 0 Å². The van der Waals surface area contributed by atoms with E-state index < -0.39 is 0 Å². The number of hydrogen-bond acceptors (Lipinski definition) is 6. The fraction of sp³-hybridized carbons (Fsp3) is 0.217. The van der Waals surface area contributed by atoms with E-state index in [0.29, 0.717) is 22.8 Å². The summed E-state index contributed by atoms with van der Waals surface area (Å²) in [5, 5.41) is 5.14. The van der Waals surface area contributed by atoms with Crippen molar-refractivity contribution in [2.75, 3.05) is 14.2 Å². The molecule has 0 radical (unpaired) electrons. The molecule has 0 spiro atoms. The van der Waals surface area contributed by atoms with Gasteiger partial charge in [0.05, 0.1) is 25.4 Å². The number of amides is 1. The van der Waals surface area contributed by atoms with Gasteiger partial charge in [-0.2, -0.15) is 5.10 Å². The van der Waals surface area contributed by atoms with Gasteiger partial charge in [0.2, 0.25) is 5.91 Å². The minimum atomic E-state index is -0.332. The molecule has 0 unspecified atom stereocenters. The number of ketones is 1. The highest BCUT2D eigenvalue weighted by Gasteiger charge is 2.13. The minimum absolute atomic E-state index is 0.0288. The Morgan fingerprint density at radius 1 is 1.00 bits per heavy atom. The van der Waals surface area contributed by atoms with E-state index in [-0.39, 0.29) is 24.5 Å². The summed E-state index contributed by atoms with van der Waals surface area (Å²) in [5.41, 5.74) is 5.40. The van der Waals surface area contributed by atoms with Gasteiger partial charge in [-0.1, -0.05) is 18.2 Å². The van der Waals surface area contributed by atoms with Crippen LogP contribution in [-0.4, -0.2) is 36.6 Å². The number of para-hydroxylation sites is 1. The number of nitrogens with one attached hydrogen (secondary N) is 1. The van der Waals surface area contributed by atoms with Crippen LogP contribution >= 0.6 is 0 Å². The molecule has 7 nitrogen and oxygen atoms in total. The van der Waals surface area contributed by atoms with Gasteiger partial charge in [0, 0.05) is 35.6 Å². The lowest BCUT2D eigenvalue weighted by molar-refractivity contribution is -0.121. The molecule has 3 rings (SSSR count). The van der Waals surface area contributed by atoms with Crippen molar-refractivity contribution in [1.82, 2.24) is 10.4 Å². The van der Waals surface area contributed by atoms with Crippen LogP contribution in [0.25, 0.3) is 10.9 Å². The Kier molecular flexibility index (Phi) is 6.75. The van der Waals surface area contributed by atoms with Crippen molar-refractivity contribution in [3.8, 4) is 11.5 Å². The molecule has 30 heavy (non-hydrogen) atoms. The summed E-state index contributed by atoms with van der Waals surface area (Å²) in [6.07, 6.45) is 1.80. The number of carbonyl (C=O) groups is 2. The van der Waals surface area contributed by atoms with Crippen LogP contribution in [0, 0.1) is 0 Å². The predicted molar refractivity (Wildman–Crippen MR) is 115 cm³/mol. The molecular weight excluding hydrogens is 382 g/mol. The van der Waals surface area contributed by atoms with E-state index in [0.717, 1.165) is 16.5 Å². The van der Waals surface area contributed by atoms with Crippen LogP contribution in [0.1, 0.15) is 35.7 Å². The van der Waals surface area contributed by atoms with E-state index in [1.54, 1.807) is 24.4 Å². The number of hydrazone groups is 1. The average Bonchev–Trinajstić information content (AvgIpc) is 2.79. The second-order valence-electron chi connectivity index (χ2n) is 6.60. The van der Waals surface area contributed by atoms with Gasteiger partial charge in [-0.25, -0.2) is 5.43 Å². The van der Waals surface area contributed by atoms with Crippen molar-refractivity contribution in [3.63, 3.8) is 0 Å². The number of ether oxygens (including phenoxy) is 2. The first-order chi connectivity index (χ1) is 14.5. The molecule has 2 aromatic carbocycles. The fourth-order valence-electron chi connectivity index (χ4n) is 3.05. The molecule has 0 aliphatic rings. The first-order valence-electron chi connectivity index (χ1n) is 9.46. The van der Waals surface area contributed by atoms with Gasteiger partial charge in [0.1, 0.15) is 0 Å². The smallest absolute Gasteiger partial charge is 0.240 e. The Labute approximate surface area is 174 Å². The van der Waals surface area contributed by atoms with Crippen LogP contribution < -0.4 is 14.9 Å². The third-order valence-corrected chi connectivity index (χ3v) is 4.67. The maximum absolute atomic E-state index is 12.4. The van der Waals surface area contributed by atoms with E-state index in [4.69, 9.17) is 9.47 Å². The zero-order valence-electron chi connectivity index (χ0n) is 17.1. The molecule has 1 heterocycles. The molecule has 1 aromatic heterocycles. The minimum Gasteiger partial charge on any atom is -0.493 e. The van der Waals surface area contributed by atoms with Crippen molar-refractivity contribution >= 4 is 28.3 Å². The molecule has 0 saturated heterocycles. The highest BCUT2D eigenvalue weighted by atomic mass is 16.5. The van der Waals surface area contributed by atoms with Crippen LogP contribution in [-0.2, 0) is 4.79 Å². The summed E-state index contributed by atoms with van der Waals surface area (Å²) in [6.45, 7) is 1.82. The number of aromatic nitrogens is 1. The van der Waals surface area contributed by atoms with E-state index in [1.165, 1.54) is 14.2 Å². The van der Waals surface area contributed by atoms with Crippen molar-refractivity contribution in [2.24, 2.45) is 5.10 Å². The number of nitrogens with zero attached hydrogens (tertiary/aromatic N) is 2. The summed E-state index contributed by atoms with van der Waals surface area (Å²) in [7, 11) is 3.03. The SMILES string of the molecule is COc1ccc(C(=O)CCC(=O)N/N=C(\C)c2ccnc3ccccc23)cc1OC. The van der Waals surface area contributed by atoms with Gasteiger partial charge in [0.25, 0.3) is 0 Å². The molecule has 0 atom stereocenters. The predicted octanol–water partition coefficient (Wildman–Crippen LogP) is 3.76. The zero-order valence-corrected chi connectivity index (χ0v) is 17.1. The van der Waals surface area contributed by atoms with Crippen molar-refractivity contribution in [1.29, 1.82) is 0 Å². The maximum atomic E-state index is 12.4. The Morgan fingerprint density at radius 3 is 2.53 bits per heavy atom. The number of rotatable bonds is 8. The molecule has 154 valence electrons. The summed E-state index contributed by atoms with van der Waals surface area (Å²) in [5.74, 6) is 0.520. The Hall–Kier alpha value is -3.74. The number of benzene rings is 2. The molecule has 0 saturated carbocycles. The number of pyridine rings is 1. The fourth-order valence-corrected chi connectivity index (χ4v) is 3.05. The van der Waals surface area contributed by atoms with Crippen LogP contribution in [0.5, 0.6) is 11.5 Å². The molecule has 3 aromatic rings. The van der Waals surface area contributed by atoms with E-state index >= 15 is 0 Å². The highest BCUT2D eigenvalue weighted by Crippen LogP contribution is 2.28. The third-order valence-electron chi connectivity index (χ3n) is 4.67. The van der Waals surface area contributed by atoms with Crippen LogP contribution in [0.2, 0.25) is 0 Å². The highest BCUT2D eigenvalue weighted by molar-refractivity contribution is 6.09. The standard InChI is InChI=1S/C23H23N3O4/c1-15(17-12-13-24-19-7-5-4-6-18(17)19)25-26-23(28)11-9-20(27)16-8-10-21(29-2)22(14-16)30-3/h4-8,10,12-14H,9,11H2,1-3H3,(H,26,28)/b25-15+. The zero-order chi connectivity index (χ0) is 21.5.